The fraction of sp³-hybridized carbons (Fsp3) is 0.429. The van der Waals surface area contributed by atoms with E-state index >= 15 is 0 Å². The minimum absolute atomic E-state index is 0. The molecule has 0 aromatic heterocycles. The summed E-state index contributed by atoms with van der Waals surface area (Å²) in [6.45, 7) is 0.616. The fourth-order valence-electron chi connectivity index (χ4n) is 1.65. The van der Waals surface area contributed by atoms with Crippen molar-refractivity contribution in [2.24, 2.45) is 0 Å². The summed E-state index contributed by atoms with van der Waals surface area (Å²) in [6, 6.07) is 9.59. The number of rotatable bonds is 8. The lowest BCUT2D eigenvalue weighted by atomic mass is 10.1. The van der Waals surface area contributed by atoms with Crippen LogP contribution in [0.4, 0.5) is 0 Å². The minimum atomic E-state index is -0.761. The van der Waals surface area contributed by atoms with Crippen molar-refractivity contribution in [2.75, 3.05) is 6.54 Å². The molecule has 0 aliphatic heterocycles. The molecule has 0 aliphatic carbocycles. The maximum atomic E-state index is 11.5. The number of carboxylic acids is 1. The van der Waals surface area contributed by atoms with Crippen LogP contribution >= 0.6 is 0 Å². The van der Waals surface area contributed by atoms with Gasteiger partial charge in [0.25, 0.3) is 0 Å². The Kier molecular flexibility index (Phi) is 6.54. The van der Waals surface area contributed by atoms with E-state index in [9.17, 15) is 9.59 Å². The van der Waals surface area contributed by atoms with Crippen LogP contribution in [-0.2, 0) is 16.0 Å². The number of benzene rings is 1. The molecule has 0 fully saturated rings. The van der Waals surface area contributed by atoms with E-state index in [1.54, 1.807) is 0 Å². The molecule has 0 bridgehead atoms. The lowest BCUT2D eigenvalue weighted by Crippen LogP contribution is -2.26. The van der Waals surface area contributed by atoms with Crippen molar-refractivity contribution < 1.29 is 16.1 Å². The topological polar surface area (TPSA) is 66.4 Å². The highest BCUT2D eigenvalue weighted by Crippen LogP contribution is 2.00. The second-order valence-electron chi connectivity index (χ2n) is 4.22. The predicted molar refractivity (Wildman–Crippen MR) is 71.4 cm³/mol. The van der Waals surface area contributed by atoms with E-state index in [0.29, 0.717) is 19.4 Å². The Bertz CT molecular complexity index is 382. The summed E-state index contributed by atoms with van der Waals surface area (Å²) in [6.07, 6.45) is 2.93. The van der Waals surface area contributed by atoms with Gasteiger partial charge in [0.15, 0.2) is 0 Å². The van der Waals surface area contributed by atoms with Gasteiger partial charge in [-0.1, -0.05) is 36.8 Å². The van der Waals surface area contributed by atoms with Crippen molar-refractivity contribution in [3.05, 3.63) is 35.9 Å². The molecule has 0 aliphatic rings. The second-order valence-corrected chi connectivity index (χ2v) is 4.22. The Labute approximate surface area is 109 Å². The molecule has 1 aromatic rings. The lowest BCUT2D eigenvalue weighted by molar-refractivity contribution is -0.137. The molecule has 4 nitrogen and oxygen atoms in total. The van der Waals surface area contributed by atoms with E-state index < -0.39 is 5.97 Å². The third-order valence-corrected chi connectivity index (χ3v) is 2.60. The van der Waals surface area contributed by atoms with Crippen LogP contribution in [0.1, 0.15) is 32.7 Å². The first kappa shape index (κ1) is 14.2. The van der Waals surface area contributed by atoms with Crippen LogP contribution in [0.3, 0.4) is 0 Å². The fourth-order valence-corrected chi connectivity index (χ4v) is 1.65. The van der Waals surface area contributed by atoms with Gasteiger partial charge in [-0.25, -0.2) is 0 Å². The third kappa shape index (κ3) is 6.68. The summed E-state index contributed by atoms with van der Waals surface area (Å²) in [5.74, 6) is -0.748. The van der Waals surface area contributed by atoms with Gasteiger partial charge in [0, 0.05) is 14.4 Å². The van der Waals surface area contributed by atoms with E-state index in [1.807, 2.05) is 30.3 Å². The quantitative estimate of drug-likeness (QED) is 0.696. The number of carbonyl (C=O) groups excluding carboxylic acids is 1. The van der Waals surface area contributed by atoms with E-state index in [2.05, 4.69) is 5.32 Å². The molecule has 0 heterocycles. The average Bonchev–Trinajstić information content (AvgIpc) is 2.34. The smallest absolute Gasteiger partial charge is 0.303 e. The maximum Gasteiger partial charge on any atom is 0.303 e. The van der Waals surface area contributed by atoms with Crippen LogP contribution in [0.25, 0.3) is 0 Å². The molecule has 2 N–H and O–H groups in total. The molecule has 1 amide bonds. The zero-order chi connectivity index (χ0) is 13.2. The highest BCUT2D eigenvalue weighted by molar-refractivity contribution is 5.78. The molecule has 1 rings (SSSR count). The van der Waals surface area contributed by atoms with Crippen molar-refractivity contribution in [3.8, 4) is 0 Å². The van der Waals surface area contributed by atoms with Crippen molar-refractivity contribution in [1.29, 1.82) is 0 Å². The number of hydrogen-bond acceptors (Lipinski definition) is 2. The number of amides is 1. The zero-order valence-corrected chi connectivity index (χ0v) is 10.4. The van der Waals surface area contributed by atoms with E-state index in [0.717, 1.165) is 18.4 Å². The summed E-state index contributed by atoms with van der Waals surface area (Å²) in [4.78, 5) is 21.8. The normalized spacial score (nSPS) is 10.0. The van der Waals surface area contributed by atoms with Gasteiger partial charge in [-0.3, -0.25) is 9.59 Å². The molecular weight excluding hydrogens is 230 g/mol. The van der Waals surface area contributed by atoms with E-state index in [-0.39, 0.29) is 13.8 Å². The number of aliphatic carboxylic acids is 1. The first-order valence-electron chi connectivity index (χ1n) is 6.21. The first-order chi connectivity index (χ1) is 8.68. The first-order valence-corrected chi connectivity index (χ1v) is 6.21. The third-order valence-electron chi connectivity index (χ3n) is 2.60. The molecule has 1 aromatic carbocycles. The van der Waals surface area contributed by atoms with Crippen molar-refractivity contribution in [3.63, 3.8) is 0 Å². The van der Waals surface area contributed by atoms with Crippen LogP contribution < -0.4 is 5.32 Å². The molecule has 18 heavy (non-hydrogen) atoms. The summed E-state index contributed by atoms with van der Waals surface area (Å²) in [5, 5.41) is 11.3. The van der Waals surface area contributed by atoms with Gasteiger partial charge < -0.3 is 10.4 Å². The molecular formula is C14H21NO3. The Morgan fingerprint density at radius 1 is 1.11 bits per heavy atom. The number of hydrogen-bond donors (Lipinski definition) is 2. The summed E-state index contributed by atoms with van der Waals surface area (Å²) < 4.78 is 0. The summed E-state index contributed by atoms with van der Waals surface area (Å²) in [5.41, 5.74) is 1.00. The summed E-state index contributed by atoms with van der Waals surface area (Å²) in [7, 11) is 0. The van der Waals surface area contributed by atoms with Gasteiger partial charge in [0.1, 0.15) is 0 Å². The van der Waals surface area contributed by atoms with Crippen LogP contribution in [0.5, 0.6) is 0 Å². The Hall–Kier alpha value is -1.84. The standard InChI is InChI=1S/C14H19NO3.H2/c16-13(11-12-7-3-1-4-8-12)15-10-6-2-5-9-14(17)18;/h1,3-4,7-8H,2,5-6,9-11H2,(H,15,16)(H,17,18);1H. The van der Waals surface area contributed by atoms with Crippen molar-refractivity contribution in [2.45, 2.75) is 32.1 Å². The Balaban J connectivity index is 0.00000324. The number of carbonyl (C=O) groups is 2. The minimum Gasteiger partial charge on any atom is -0.481 e. The largest absolute Gasteiger partial charge is 0.481 e. The molecule has 0 saturated heterocycles. The van der Waals surface area contributed by atoms with Gasteiger partial charge in [0.05, 0.1) is 6.42 Å². The van der Waals surface area contributed by atoms with Crippen LogP contribution in [-0.4, -0.2) is 23.5 Å². The average molecular weight is 251 g/mol. The van der Waals surface area contributed by atoms with Crippen LogP contribution in [0.2, 0.25) is 0 Å². The van der Waals surface area contributed by atoms with Gasteiger partial charge in [-0.05, 0) is 18.4 Å². The second kappa shape index (κ2) is 8.28. The maximum absolute atomic E-state index is 11.5. The van der Waals surface area contributed by atoms with E-state index in [1.165, 1.54) is 0 Å². The summed E-state index contributed by atoms with van der Waals surface area (Å²) >= 11 is 0. The van der Waals surface area contributed by atoms with Gasteiger partial charge >= 0.3 is 5.97 Å². The molecule has 0 unspecified atom stereocenters. The molecule has 0 atom stereocenters. The number of nitrogens with one attached hydrogen (secondary N) is 1. The van der Waals surface area contributed by atoms with Crippen molar-refractivity contribution in [1.82, 2.24) is 5.32 Å². The highest BCUT2D eigenvalue weighted by atomic mass is 16.4. The SMILES string of the molecule is O=C(O)CCCCCNC(=O)Cc1ccccc1.[HH]. The molecule has 0 spiro atoms. The van der Waals surface area contributed by atoms with Crippen LogP contribution in [0.15, 0.2) is 30.3 Å². The number of unbranched alkanes of at least 4 members (excludes halogenated alkanes) is 2. The van der Waals surface area contributed by atoms with Gasteiger partial charge in [-0.2, -0.15) is 0 Å². The predicted octanol–water partition coefficient (Wildman–Crippen LogP) is 2.24. The van der Waals surface area contributed by atoms with Crippen LogP contribution in [0, 0.1) is 0 Å². The van der Waals surface area contributed by atoms with E-state index in [4.69, 9.17) is 5.11 Å². The molecule has 0 saturated carbocycles. The van der Waals surface area contributed by atoms with Gasteiger partial charge in [-0.15, -0.1) is 0 Å². The lowest BCUT2D eigenvalue weighted by Gasteiger charge is -2.04. The Morgan fingerprint density at radius 3 is 2.50 bits per heavy atom. The van der Waals surface area contributed by atoms with Crippen molar-refractivity contribution >= 4 is 11.9 Å². The van der Waals surface area contributed by atoms with Gasteiger partial charge in [0.2, 0.25) is 5.91 Å². The molecule has 4 heteroatoms. The Morgan fingerprint density at radius 2 is 1.83 bits per heavy atom. The molecule has 0 radical (unpaired) electrons. The monoisotopic (exact) mass is 251 g/mol. The molecule has 100 valence electrons. The zero-order valence-electron chi connectivity index (χ0n) is 10.4. The highest BCUT2D eigenvalue weighted by Gasteiger charge is 2.02. The number of carboxylic acid groups (broad SMARTS) is 1.